The number of carbonyl (C=O) groups excluding carboxylic acids is 1. The van der Waals surface area contributed by atoms with E-state index in [1.54, 1.807) is 0 Å². The number of rotatable bonds is 4. The van der Waals surface area contributed by atoms with E-state index in [4.69, 9.17) is 0 Å². The summed E-state index contributed by atoms with van der Waals surface area (Å²) in [6.45, 7) is 4.79. The number of benzene rings is 2. The molecular weight excluding hydrogens is 328 g/mol. The van der Waals surface area contributed by atoms with Crippen LogP contribution in [0, 0.1) is 0 Å². The van der Waals surface area contributed by atoms with E-state index in [0.717, 1.165) is 10.2 Å². The molecule has 2 N–H and O–H groups in total. The molecule has 21 heavy (non-hydrogen) atoms. The summed E-state index contributed by atoms with van der Waals surface area (Å²) in [5.74, 6) is 0. The van der Waals surface area contributed by atoms with Gasteiger partial charge in [-0.2, -0.15) is 0 Å². The first-order valence-electron chi connectivity index (χ1n) is 6.84. The minimum Gasteiger partial charge on any atom is -0.337 e. The number of hydrogen-bond donors (Lipinski definition) is 2. The first-order valence-corrected chi connectivity index (χ1v) is 7.63. The van der Waals surface area contributed by atoms with Gasteiger partial charge in [0.1, 0.15) is 0 Å². The fraction of sp³-hybridized carbons (Fsp3) is 0.235. The predicted octanol–water partition coefficient (Wildman–Crippen LogP) is 4.55. The molecule has 0 aliphatic rings. The standard InChI is InChI=1S/C17H19BrN2O/c1-17(2,13-8-4-3-5-9-13)12-19-16(21)20-15-11-7-6-10-14(15)18/h3-11H,12H2,1-2H3,(H2,19,20,21). The maximum absolute atomic E-state index is 12.0. The van der Waals surface area contributed by atoms with Crippen LogP contribution in [0.3, 0.4) is 0 Å². The second-order valence-corrected chi connectivity index (χ2v) is 6.39. The summed E-state index contributed by atoms with van der Waals surface area (Å²) in [5, 5.41) is 5.76. The Morgan fingerprint density at radius 1 is 1.05 bits per heavy atom. The lowest BCUT2D eigenvalue weighted by Gasteiger charge is -2.25. The zero-order valence-corrected chi connectivity index (χ0v) is 13.8. The first kappa shape index (κ1) is 15.6. The summed E-state index contributed by atoms with van der Waals surface area (Å²) in [4.78, 5) is 12.0. The van der Waals surface area contributed by atoms with Crippen molar-refractivity contribution in [3.63, 3.8) is 0 Å². The summed E-state index contributed by atoms with van der Waals surface area (Å²) in [5.41, 5.74) is 1.84. The second kappa shape index (κ2) is 6.76. The highest BCUT2D eigenvalue weighted by Gasteiger charge is 2.21. The van der Waals surface area contributed by atoms with Crippen molar-refractivity contribution in [2.24, 2.45) is 0 Å². The van der Waals surface area contributed by atoms with Gasteiger partial charge in [0.25, 0.3) is 0 Å². The van der Waals surface area contributed by atoms with Crippen LogP contribution >= 0.6 is 15.9 Å². The van der Waals surface area contributed by atoms with Crippen LogP contribution in [-0.2, 0) is 5.41 Å². The molecule has 0 bridgehead atoms. The molecular formula is C17H19BrN2O. The Morgan fingerprint density at radius 3 is 2.33 bits per heavy atom. The van der Waals surface area contributed by atoms with E-state index in [1.165, 1.54) is 5.56 Å². The third-order valence-electron chi connectivity index (χ3n) is 3.37. The number of nitrogens with one attached hydrogen (secondary N) is 2. The molecule has 4 heteroatoms. The topological polar surface area (TPSA) is 41.1 Å². The van der Waals surface area contributed by atoms with E-state index in [2.05, 4.69) is 52.5 Å². The molecule has 2 aromatic rings. The lowest BCUT2D eigenvalue weighted by Crippen LogP contribution is -2.39. The van der Waals surface area contributed by atoms with Crippen molar-refractivity contribution in [2.75, 3.05) is 11.9 Å². The molecule has 0 radical (unpaired) electrons. The average molecular weight is 347 g/mol. The van der Waals surface area contributed by atoms with Crippen LogP contribution in [0.4, 0.5) is 10.5 Å². The summed E-state index contributed by atoms with van der Waals surface area (Å²) in [6, 6.07) is 17.5. The molecule has 2 amide bonds. The molecule has 2 rings (SSSR count). The lowest BCUT2D eigenvalue weighted by atomic mass is 9.85. The molecule has 0 fully saturated rings. The number of hydrogen-bond acceptors (Lipinski definition) is 1. The minimum atomic E-state index is -0.203. The van der Waals surface area contributed by atoms with Gasteiger partial charge in [0.15, 0.2) is 0 Å². The van der Waals surface area contributed by atoms with Gasteiger partial charge < -0.3 is 10.6 Å². The summed E-state index contributed by atoms with van der Waals surface area (Å²) >= 11 is 3.41. The van der Waals surface area contributed by atoms with Gasteiger partial charge in [-0.1, -0.05) is 56.3 Å². The molecule has 0 heterocycles. The largest absolute Gasteiger partial charge is 0.337 e. The number of halogens is 1. The molecule has 3 nitrogen and oxygen atoms in total. The van der Waals surface area contributed by atoms with Crippen LogP contribution in [0.2, 0.25) is 0 Å². The Hall–Kier alpha value is -1.81. The SMILES string of the molecule is CC(C)(CNC(=O)Nc1ccccc1Br)c1ccccc1. The number of carbonyl (C=O) groups is 1. The van der Waals surface area contributed by atoms with Crippen molar-refractivity contribution >= 4 is 27.6 Å². The summed E-state index contributed by atoms with van der Waals surface area (Å²) in [7, 11) is 0. The van der Waals surface area contributed by atoms with Crippen LogP contribution in [0.25, 0.3) is 0 Å². The van der Waals surface area contributed by atoms with Gasteiger partial charge in [0, 0.05) is 16.4 Å². The molecule has 0 aliphatic carbocycles. The Kier molecular flexibility index (Phi) is 5.02. The van der Waals surface area contributed by atoms with Gasteiger partial charge in [0.2, 0.25) is 0 Å². The summed E-state index contributed by atoms with van der Waals surface area (Å²) in [6.07, 6.45) is 0. The number of amides is 2. The van der Waals surface area contributed by atoms with Crippen molar-refractivity contribution in [1.29, 1.82) is 0 Å². The predicted molar refractivity (Wildman–Crippen MR) is 90.6 cm³/mol. The Bertz CT molecular complexity index is 611. The molecule has 0 saturated heterocycles. The molecule has 110 valence electrons. The fourth-order valence-electron chi connectivity index (χ4n) is 2.02. The van der Waals surface area contributed by atoms with E-state index in [-0.39, 0.29) is 11.4 Å². The molecule has 0 saturated carbocycles. The Labute approximate surface area is 133 Å². The lowest BCUT2D eigenvalue weighted by molar-refractivity contribution is 0.249. The van der Waals surface area contributed by atoms with Crippen LogP contribution in [0.5, 0.6) is 0 Å². The zero-order valence-electron chi connectivity index (χ0n) is 12.2. The van der Waals surface area contributed by atoms with Crippen LogP contribution in [0.1, 0.15) is 19.4 Å². The molecule has 0 aliphatic heterocycles. The normalized spacial score (nSPS) is 11.0. The van der Waals surface area contributed by atoms with Crippen molar-refractivity contribution in [3.8, 4) is 0 Å². The van der Waals surface area contributed by atoms with Crippen molar-refractivity contribution in [2.45, 2.75) is 19.3 Å². The highest BCUT2D eigenvalue weighted by molar-refractivity contribution is 9.10. The monoisotopic (exact) mass is 346 g/mol. The molecule has 0 aromatic heterocycles. The molecule has 0 spiro atoms. The van der Waals surface area contributed by atoms with E-state index in [9.17, 15) is 4.79 Å². The van der Waals surface area contributed by atoms with Gasteiger partial charge in [-0.05, 0) is 33.6 Å². The van der Waals surface area contributed by atoms with Gasteiger partial charge in [-0.3, -0.25) is 0 Å². The zero-order chi connectivity index (χ0) is 15.3. The van der Waals surface area contributed by atoms with Crippen LogP contribution in [-0.4, -0.2) is 12.6 Å². The highest BCUT2D eigenvalue weighted by atomic mass is 79.9. The summed E-state index contributed by atoms with van der Waals surface area (Å²) < 4.78 is 0.863. The molecule has 0 atom stereocenters. The van der Waals surface area contributed by atoms with Crippen molar-refractivity contribution < 1.29 is 4.79 Å². The van der Waals surface area contributed by atoms with E-state index < -0.39 is 0 Å². The van der Waals surface area contributed by atoms with Crippen molar-refractivity contribution in [1.82, 2.24) is 5.32 Å². The quantitative estimate of drug-likeness (QED) is 0.837. The molecule has 0 unspecified atom stereocenters. The van der Waals surface area contributed by atoms with Gasteiger partial charge in [-0.15, -0.1) is 0 Å². The number of urea groups is 1. The Balaban J connectivity index is 1.94. The van der Waals surface area contributed by atoms with Gasteiger partial charge in [0.05, 0.1) is 5.69 Å². The fourth-order valence-corrected chi connectivity index (χ4v) is 2.41. The van der Waals surface area contributed by atoms with E-state index in [1.807, 2.05) is 42.5 Å². The van der Waals surface area contributed by atoms with Gasteiger partial charge in [-0.25, -0.2) is 4.79 Å². The average Bonchev–Trinajstić information content (AvgIpc) is 2.49. The maximum Gasteiger partial charge on any atom is 0.319 e. The third kappa shape index (κ3) is 4.33. The third-order valence-corrected chi connectivity index (χ3v) is 4.06. The molecule has 2 aromatic carbocycles. The van der Waals surface area contributed by atoms with E-state index >= 15 is 0 Å². The first-order chi connectivity index (χ1) is 9.99. The maximum atomic E-state index is 12.0. The Morgan fingerprint density at radius 2 is 1.67 bits per heavy atom. The minimum absolute atomic E-state index is 0.119. The highest BCUT2D eigenvalue weighted by Crippen LogP contribution is 2.23. The van der Waals surface area contributed by atoms with Crippen LogP contribution in [0.15, 0.2) is 59.1 Å². The van der Waals surface area contributed by atoms with E-state index in [0.29, 0.717) is 6.54 Å². The van der Waals surface area contributed by atoms with Crippen molar-refractivity contribution in [3.05, 3.63) is 64.6 Å². The number of anilines is 1. The second-order valence-electron chi connectivity index (χ2n) is 5.54. The smallest absolute Gasteiger partial charge is 0.319 e. The van der Waals surface area contributed by atoms with Gasteiger partial charge >= 0.3 is 6.03 Å². The number of para-hydroxylation sites is 1. The van der Waals surface area contributed by atoms with Crippen LogP contribution < -0.4 is 10.6 Å².